The Labute approximate surface area is 117 Å². The number of hydrogen-bond acceptors (Lipinski definition) is 3. The van der Waals surface area contributed by atoms with Crippen LogP contribution >= 0.6 is 0 Å². The van der Waals surface area contributed by atoms with Crippen LogP contribution in [0.3, 0.4) is 0 Å². The van der Waals surface area contributed by atoms with Crippen LogP contribution in [0, 0.1) is 10.8 Å². The minimum Gasteiger partial charge on any atom is -0.351 e. The van der Waals surface area contributed by atoms with Crippen LogP contribution in [0.15, 0.2) is 11.6 Å². The van der Waals surface area contributed by atoms with E-state index >= 15 is 0 Å². The van der Waals surface area contributed by atoms with Crippen LogP contribution in [0.2, 0.25) is 0 Å². The second-order valence-electron chi connectivity index (χ2n) is 7.43. The quantitative estimate of drug-likeness (QED) is 0.734. The topological polar surface area (TPSA) is 21.7 Å². The lowest BCUT2D eigenvalue weighted by atomic mass is 9.75. The SMILES string of the molecule is CC1=CCC2(CC1)COC(C(C)(C)CN(C)C)OC2. The van der Waals surface area contributed by atoms with Crippen molar-refractivity contribution in [2.24, 2.45) is 10.8 Å². The highest BCUT2D eigenvalue weighted by Crippen LogP contribution is 2.41. The van der Waals surface area contributed by atoms with E-state index in [2.05, 4.69) is 45.8 Å². The summed E-state index contributed by atoms with van der Waals surface area (Å²) in [6.45, 7) is 9.34. The Morgan fingerprint density at radius 1 is 1.32 bits per heavy atom. The van der Waals surface area contributed by atoms with Gasteiger partial charge < -0.3 is 14.4 Å². The molecule has 0 unspecified atom stereocenters. The Morgan fingerprint density at radius 3 is 2.42 bits per heavy atom. The van der Waals surface area contributed by atoms with Crippen molar-refractivity contribution in [3.05, 3.63) is 11.6 Å². The van der Waals surface area contributed by atoms with Crippen LogP contribution < -0.4 is 0 Å². The smallest absolute Gasteiger partial charge is 0.163 e. The first-order valence-corrected chi connectivity index (χ1v) is 7.37. The lowest BCUT2D eigenvalue weighted by Crippen LogP contribution is -2.50. The summed E-state index contributed by atoms with van der Waals surface area (Å²) in [5, 5.41) is 0. The Balaban J connectivity index is 1.92. The van der Waals surface area contributed by atoms with Gasteiger partial charge in [0.05, 0.1) is 13.2 Å². The summed E-state index contributed by atoms with van der Waals surface area (Å²) >= 11 is 0. The number of rotatable bonds is 3. The van der Waals surface area contributed by atoms with Crippen molar-refractivity contribution in [1.29, 1.82) is 0 Å². The van der Waals surface area contributed by atoms with E-state index in [4.69, 9.17) is 9.47 Å². The van der Waals surface area contributed by atoms with E-state index in [1.54, 1.807) is 0 Å². The molecule has 19 heavy (non-hydrogen) atoms. The van der Waals surface area contributed by atoms with Crippen molar-refractivity contribution < 1.29 is 9.47 Å². The van der Waals surface area contributed by atoms with Crippen molar-refractivity contribution in [2.75, 3.05) is 33.9 Å². The molecule has 0 aromatic carbocycles. The number of hydrogen-bond donors (Lipinski definition) is 0. The van der Waals surface area contributed by atoms with Gasteiger partial charge in [0.1, 0.15) is 0 Å². The highest BCUT2D eigenvalue weighted by atomic mass is 16.7. The minimum absolute atomic E-state index is 0.0333. The standard InChI is InChI=1S/C16H29NO2/c1-13-6-8-16(9-7-13)11-18-14(19-12-16)15(2,3)10-17(4)5/h6,14H,7-12H2,1-5H3. The van der Waals surface area contributed by atoms with Crippen LogP contribution in [0.4, 0.5) is 0 Å². The van der Waals surface area contributed by atoms with E-state index in [0.717, 1.165) is 26.2 Å². The molecule has 0 amide bonds. The van der Waals surface area contributed by atoms with Gasteiger partial charge in [-0.1, -0.05) is 25.5 Å². The molecule has 1 saturated heterocycles. The molecule has 0 aromatic heterocycles. The van der Waals surface area contributed by atoms with Gasteiger partial charge in [0.15, 0.2) is 6.29 Å². The highest BCUT2D eigenvalue weighted by molar-refractivity contribution is 5.07. The second-order valence-corrected chi connectivity index (χ2v) is 7.43. The summed E-state index contributed by atoms with van der Waals surface area (Å²) in [6, 6.07) is 0. The summed E-state index contributed by atoms with van der Waals surface area (Å²) < 4.78 is 12.2. The monoisotopic (exact) mass is 267 g/mol. The van der Waals surface area contributed by atoms with Gasteiger partial charge in [0.25, 0.3) is 0 Å². The zero-order valence-corrected chi connectivity index (χ0v) is 13.2. The average molecular weight is 267 g/mol. The third kappa shape index (κ3) is 3.59. The zero-order valence-electron chi connectivity index (χ0n) is 13.2. The van der Waals surface area contributed by atoms with E-state index in [1.807, 2.05) is 0 Å². The maximum Gasteiger partial charge on any atom is 0.163 e. The summed E-state index contributed by atoms with van der Waals surface area (Å²) in [6.07, 6.45) is 5.79. The fourth-order valence-electron chi connectivity index (χ4n) is 3.25. The van der Waals surface area contributed by atoms with Crippen LogP contribution in [-0.4, -0.2) is 45.0 Å². The molecule has 1 spiro atoms. The molecule has 1 heterocycles. The Bertz CT molecular complexity index is 339. The van der Waals surface area contributed by atoms with Gasteiger partial charge in [-0.15, -0.1) is 0 Å². The first-order valence-electron chi connectivity index (χ1n) is 7.37. The lowest BCUT2D eigenvalue weighted by molar-refractivity contribution is -0.271. The molecule has 2 aliphatic rings. The summed E-state index contributed by atoms with van der Waals surface area (Å²) in [4.78, 5) is 2.20. The van der Waals surface area contributed by atoms with Crippen LogP contribution in [0.1, 0.15) is 40.0 Å². The molecule has 3 heteroatoms. The van der Waals surface area contributed by atoms with Crippen LogP contribution in [0.5, 0.6) is 0 Å². The first-order chi connectivity index (χ1) is 8.83. The number of nitrogens with zero attached hydrogens (tertiary/aromatic N) is 1. The van der Waals surface area contributed by atoms with Crippen molar-refractivity contribution in [3.63, 3.8) is 0 Å². The van der Waals surface area contributed by atoms with Crippen LogP contribution in [0.25, 0.3) is 0 Å². The second kappa shape index (κ2) is 5.55. The predicted octanol–water partition coefficient (Wildman–Crippen LogP) is 3.06. The van der Waals surface area contributed by atoms with Crippen molar-refractivity contribution in [2.45, 2.75) is 46.3 Å². The third-order valence-corrected chi connectivity index (χ3v) is 4.38. The molecular weight excluding hydrogens is 238 g/mol. The first kappa shape index (κ1) is 15.0. The molecule has 0 atom stereocenters. The Morgan fingerprint density at radius 2 is 1.95 bits per heavy atom. The highest BCUT2D eigenvalue weighted by Gasteiger charge is 2.42. The molecule has 0 aromatic rings. The fourth-order valence-corrected chi connectivity index (χ4v) is 3.25. The maximum atomic E-state index is 6.09. The van der Waals surface area contributed by atoms with E-state index in [9.17, 15) is 0 Å². The predicted molar refractivity (Wildman–Crippen MR) is 78.1 cm³/mol. The molecule has 1 fully saturated rings. The van der Waals surface area contributed by atoms with E-state index in [0.29, 0.717) is 0 Å². The van der Waals surface area contributed by atoms with Gasteiger partial charge in [-0.05, 0) is 40.3 Å². The zero-order chi connectivity index (χ0) is 14.1. The van der Waals surface area contributed by atoms with E-state index in [-0.39, 0.29) is 17.1 Å². The van der Waals surface area contributed by atoms with Gasteiger partial charge >= 0.3 is 0 Å². The van der Waals surface area contributed by atoms with Gasteiger partial charge in [-0.25, -0.2) is 0 Å². The van der Waals surface area contributed by atoms with Crippen LogP contribution in [-0.2, 0) is 9.47 Å². The molecule has 0 N–H and O–H groups in total. The Hall–Kier alpha value is -0.380. The molecule has 0 radical (unpaired) electrons. The van der Waals surface area contributed by atoms with E-state index in [1.165, 1.54) is 18.4 Å². The third-order valence-electron chi connectivity index (χ3n) is 4.38. The summed E-state index contributed by atoms with van der Waals surface area (Å²) in [7, 11) is 4.20. The normalized spacial score (nSPS) is 32.7. The summed E-state index contributed by atoms with van der Waals surface area (Å²) in [5.74, 6) is 0. The lowest BCUT2D eigenvalue weighted by Gasteiger charge is -2.46. The largest absolute Gasteiger partial charge is 0.351 e. The minimum atomic E-state index is -0.0764. The molecule has 3 nitrogen and oxygen atoms in total. The number of ether oxygens (including phenoxy) is 2. The van der Waals surface area contributed by atoms with Gasteiger partial charge in [0, 0.05) is 17.4 Å². The molecule has 2 rings (SSSR count). The fraction of sp³-hybridized carbons (Fsp3) is 0.875. The molecule has 1 aliphatic carbocycles. The van der Waals surface area contributed by atoms with Crippen molar-refractivity contribution in [3.8, 4) is 0 Å². The Kier molecular flexibility index (Phi) is 4.38. The maximum absolute atomic E-state index is 6.09. The summed E-state index contributed by atoms with van der Waals surface area (Å²) in [5.41, 5.74) is 1.79. The van der Waals surface area contributed by atoms with Gasteiger partial charge in [0.2, 0.25) is 0 Å². The van der Waals surface area contributed by atoms with Crippen molar-refractivity contribution >= 4 is 0 Å². The van der Waals surface area contributed by atoms with E-state index < -0.39 is 0 Å². The molecule has 0 saturated carbocycles. The molecular formula is C16H29NO2. The molecule has 1 aliphatic heterocycles. The van der Waals surface area contributed by atoms with Gasteiger partial charge in [-0.2, -0.15) is 0 Å². The number of allylic oxidation sites excluding steroid dienone is 2. The van der Waals surface area contributed by atoms with Gasteiger partial charge in [-0.3, -0.25) is 0 Å². The molecule has 110 valence electrons. The van der Waals surface area contributed by atoms with Crippen molar-refractivity contribution in [1.82, 2.24) is 4.90 Å². The average Bonchev–Trinajstić information content (AvgIpc) is 2.32. The molecule has 0 bridgehead atoms.